The van der Waals surface area contributed by atoms with Gasteiger partial charge < -0.3 is 9.67 Å². The molecule has 1 atom stereocenters. The first-order valence-electron chi connectivity index (χ1n) is 8.46. The number of pyridine rings is 1. The van der Waals surface area contributed by atoms with Gasteiger partial charge in [-0.15, -0.1) is 5.10 Å². The topological polar surface area (TPSA) is 66.7 Å². The van der Waals surface area contributed by atoms with E-state index in [0.717, 1.165) is 31.5 Å². The van der Waals surface area contributed by atoms with Gasteiger partial charge in [-0.05, 0) is 37.5 Å². The molecule has 1 unspecified atom stereocenters. The SMILES string of the molecule is Cc1cccc(C(CCCCn2cccc(O)c2=S)c2c[nH]nn2)c1. The van der Waals surface area contributed by atoms with Crippen LogP contribution in [0.1, 0.15) is 42.0 Å². The van der Waals surface area contributed by atoms with E-state index in [0.29, 0.717) is 4.64 Å². The van der Waals surface area contributed by atoms with Crippen molar-refractivity contribution in [3.05, 3.63) is 70.3 Å². The average Bonchev–Trinajstić information content (AvgIpc) is 3.12. The van der Waals surface area contributed by atoms with Crippen LogP contribution in [-0.4, -0.2) is 25.1 Å². The van der Waals surface area contributed by atoms with Crippen LogP contribution in [0.3, 0.4) is 0 Å². The smallest absolute Gasteiger partial charge is 0.150 e. The average molecular weight is 354 g/mol. The predicted molar refractivity (Wildman–Crippen MR) is 100 cm³/mol. The highest BCUT2D eigenvalue weighted by Gasteiger charge is 2.16. The molecule has 2 heterocycles. The van der Waals surface area contributed by atoms with Crippen molar-refractivity contribution < 1.29 is 5.11 Å². The Bertz CT molecular complexity index is 873. The molecule has 0 spiro atoms. The third kappa shape index (κ3) is 4.33. The van der Waals surface area contributed by atoms with Crippen molar-refractivity contribution in [2.75, 3.05) is 0 Å². The van der Waals surface area contributed by atoms with E-state index < -0.39 is 0 Å². The number of rotatable bonds is 7. The first-order valence-corrected chi connectivity index (χ1v) is 8.87. The minimum atomic E-state index is 0.165. The molecule has 5 nitrogen and oxygen atoms in total. The molecule has 0 radical (unpaired) electrons. The molecule has 0 saturated carbocycles. The number of nitrogens with zero attached hydrogens (tertiary/aromatic N) is 3. The van der Waals surface area contributed by atoms with E-state index >= 15 is 0 Å². The molecule has 3 rings (SSSR count). The number of nitrogens with one attached hydrogen (secondary N) is 1. The molecule has 1 aromatic carbocycles. The molecule has 0 amide bonds. The third-order valence-corrected chi connectivity index (χ3v) is 4.82. The molecular formula is C19H22N4OS. The van der Waals surface area contributed by atoms with E-state index in [9.17, 15) is 5.11 Å². The molecule has 0 aliphatic heterocycles. The Morgan fingerprint density at radius 2 is 2.12 bits per heavy atom. The molecule has 0 fully saturated rings. The second-order valence-corrected chi connectivity index (χ2v) is 6.64. The minimum Gasteiger partial charge on any atom is -0.505 e. The van der Waals surface area contributed by atoms with Crippen LogP contribution in [0.25, 0.3) is 0 Å². The van der Waals surface area contributed by atoms with Gasteiger partial charge in [0.1, 0.15) is 10.4 Å². The number of aromatic amines is 1. The Hall–Kier alpha value is -2.47. The summed E-state index contributed by atoms with van der Waals surface area (Å²) < 4.78 is 2.41. The minimum absolute atomic E-state index is 0.165. The number of hydrogen-bond acceptors (Lipinski definition) is 4. The second-order valence-electron chi connectivity index (χ2n) is 6.25. The van der Waals surface area contributed by atoms with Crippen molar-refractivity contribution in [1.82, 2.24) is 20.0 Å². The number of benzene rings is 1. The molecule has 130 valence electrons. The Labute approximate surface area is 152 Å². The summed E-state index contributed by atoms with van der Waals surface area (Å²) in [6, 6.07) is 12.0. The van der Waals surface area contributed by atoms with E-state index in [2.05, 4.69) is 46.6 Å². The quantitative estimate of drug-likeness (QED) is 0.489. The van der Waals surface area contributed by atoms with Gasteiger partial charge in [0.2, 0.25) is 0 Å². The summed E-state index contributed by atoms with van der Waals surface area (Å²) in [7, 11) is 0. The monoisotopic (exact) mass is 354 g/mol. The number of aromatic nitrogens is 4. The van der Waals surface area contributed by atoms with Crippen molar-refractivity contribution in [2.45, 2.75) is 38.6 Å². The van der Waals surface area contributed by atoms with Crippen LogP contribution in [0.4, 0.5) is 0 Å². The maximum atomic E-state index is 9.70. The predicted octanol–water partition coefficient (Wildman–Crippen LogP) is 4.35. The fourth-order valence-corrected chi connectivity index (χ4v) is 3.30. The van der Waals surface area contributed by atoms with Crippen LogP contribution in [0.5, 0.6) is 5.75 Å². The molecule has 6 heteroatoms. The van der Waals surface area contributed by atoms with Crippen LogP contribution >= 0.6 is 12.2 Å². The number of hydrogen-bond donors (Lipinski definition) is 2. The zero-order chi connectivity index (χ0) is 17.6. The second kappa shape index (κ2) is 8.07. The molecular weight excluding hydrogens is 332 g/mol. The molecule has 25 heavy (non-hydrogen) atoms. The van der Waals surface area contributed by atoms with Gasteiger partial charge in [0.25, 0.3) is 0 Å². The fraction of sp³-hybridized carbons (Fsp3) is 0.316. The van der Waals surface area contributed by atoms with Gasteiger partial charge in [0.15, 0.2) is 0 Å². The van der Waals surface area contributed by atoms with Crippen molar-refractivity contribution in [2.24, 2.45) is 0 Å². The van der Waals surface area contributed by atoms with Crippen LogP contribution in [0.15, 0.2) is 48.8 Å². The maximum absolute atomic E-state index is 9.70. The number of unbranched alkanes of at least 4 members (excludes halogenated alkanes) is 1. The lowest BCUT2D eigenvalue weighted by Crippen LogP contribution is -2.04. The van der Waals surface area contributed by atoms with Gasteiger partial charge in [0.05, 0.1) is 5.69 Å². The third-order valence-electron chi connectivity index (χ3n) is 4.38. The van der Waals surface area contributed by atoms with Gasteiger partial charge in [0, 0.05) is 24.9 Å². The van der Waals surface area contributed by atoms with Gasteiger partial charge in [-0.25, -0.2) is 0 Å². The van der Waals surface area contributed by atoms with Crippen molar-refractivity contribution in [3.63, 3.8) is 0 Å². The zero-order valence-corrected chi connectivity index (χ0v) is 15.0. The van der Waals surface area contributed by atoms with E-state index in [-0.39, 0.29) is 11.7 Å². The first-order chi connectivity index (χ1) is 12.1. The van der Waals surface area contributed by atoms with Gasteiger partial charge in [-0.1, -0.05) is 53.7 Å². The summed E-state index contributed by atoms with van der Waals surface area (Å²) in [4.78, 5) is 0. The van der Waals surface area contributed by atoms with Crippen LogP contribution in [0, 0.1) is 11.6 Å². The normalized spacial score (nSPS) is 12.2. The highest BCUT2D eigenvalue weighted by molar-refractivity contribution is 7.71. The molecule has 2 N–H and O–H groups in total. The number of aryl methyl sites for hydroxylation is 2. The van der Waals surface area contributed by atoms with E-state index in [1.807, 2.05) is 23.0 Å². The highest BCUT2D eigenvalue weighted by Crippen LogP contribution is 2.28. The summed E-state index contributed by atoms with van der Waals surface area (Å²) >= 11 is 5.24. The first kappa shape index (κ1) is 17.4. The molecule has 0 saturated heterocycles. The molecule has 0 aliphatic carbocycles. The number of H-pyrrole nitrogens is 1. The maximum Gasteiger partial charge on any atom is 0.150 e. The lowest BCUT2D eigenvalue weighted by atomic mass is 9.90. The Morgan fingerprint density at radius 1 is 1.24 bits per heavy atom. The Kier molecular flexibility index (Phi) is 5.60. The standard InChI is InChI=1S/C19H22N4OS/c1-14-6-4-7-15(12-14)16(17-13-20-22-21-17)8-2-3-10-23-11-5-9-18(24)19(23)25/h4-7,9,11-13,16,24H,2-3,8,10H2,1H3,(H,20,21,22). The summed E-state index contributed by atoms with van der Waals surface area (Å²) in [6.45, 7) is 2.90. The van der Waals surface area contributed by atoms with Crippen LogP contribution in [-0.2, 0) is 6.54 Å². The highest BCUT2D eigenvalue weighted by atomic mass is 32.1. The zero-order valence-electron chi connectivity index (χ0n) is 14.2. The molecule has 2 aromatic heterocycles. The largest absolute Gasteiger partial charge is 0.505 e. The molecule has 0 bridgehead atoms. The lowest BCUT2D eigenvalue weighted by Gasteiger charge is -2.16. The molecule has 0 aliphatic rings. The number of aromatic hydroxyl groups is 1. The van der Waals surface area contributed by atoms with Crippen molar-refractivity contribution in [1.29, 1.82) is 0 Å². The Morgan fingerprint density at radius 3 is 2.88 bits per heavy atom. The van der Waals surface area contributed by atoms with Crippen molar-refractivity contribution >= 4 is 12.2 Å². The summed E-state index contributed by atoms with van der Waals surface area (Å²) in [5.74, 6) is 0.397. The van der Waals surface area contributed by atoms with E-state index in [1.54, 1.807) is 6.07 Å². The fourth-order valence-electron chi connectivity index (χ4n) is 3.08. The van der Waals surface area contributed by atoms with Gasteiger partial charge in [-0.2, -0.15) is 0 Å². The van der Waals surface area contributed by atoms with Gasteiger partial charge in [-0.3, -0.25) is 5.10 Å². The van der Waals surface area contributed by atoms with Crippen LogP contribution in [0.2, 0.25) is 0 Å². The Balaban J connectivity index is 1.66. The molecule has 3 aromatic rings. The van der Waals surface area contributed by atoms with Crippen LogP contribution < -0.4 is 0 Å². The lowest BCUT2D eigenvalue weighted by molar-refractivity contribution is 0.458. The van der Waals surface area contributed by atoms with E-state index in [1.165, 1.54) is 11.1 Å². The summed E-state index contributed by atoms with van der Waals surface area (Å²) in [5, 5.41) is 20.6. The van der Waals surface area contributed by atoms with E-state index in [4.69, 9.17) is 12.2 Å². The van der Waals surface area contributed by atoms with Crippen molar-refractivity contribution in [3.8, 4) is 5.75 Å². The summed E-state index contributed by atoms with van der Waals surface area (Å²) in [5.41, 5.74) is 3.49. The summed E-state index contributed by atoms with van der Waals surface area (Å²) in [6.07, 6.45) is 6.79. The van der Waals surface area contributed by atoms with Gasteiger partial charge >= 0.3 is 0 Å².